The van der Waals surface area contributed by atoms with Gasteiger partial charge in [-0.2, -0.15) is 0 Å². The van der Waals surface area contributed by atoms with Crippen LogP contribution in [-0.4, -0.2) is 12.0 Å². The van der Waals surface area contributed by atoms with E-state index in [1.807, 2.05) is 36.4 Å². The van der Waals surface area contributed by atoms with Crippen molar-refractivity contribution in [3.05, 3.63) is 65.2 Å². The molecule has 1 unspecified atom stereocenters. The van der Waals surface area contributed by atoms with Crippen molar-refractivity contribution >= 4 is 5.91 Å². The lowest BCUT2D eigenvalue weighted by molar-refractivity contribution is -0.127. The summed E-state index contributed by atoms with van der Waals surface area (Å²) in [5.41, 5.74) is 3.87. The predicted octanol–water partition coefficient (Wildman–Crippen LogP) is 3.65. The molecule has 3 rings (SSSR count). The minimum atomic E-state index is -0.500. The number of hydrogen-bond acceptors (Lipinski definition) is 2. The van der Waals surface area contributed by atoms with E-state index in [4.69, 9.17) is 4.74 Å². The van der Waals surface area contributed by atoms with Crippen LogP contribution in [0.4, 0.5) is 0 Å². The van der Waals surface area contributed by atoms with Gasteiger partial charge in [-0.25, -0.2) is 0 Å². The van der Waals surface area contributed by atoms with Crippen LogP contribution >= 0.6 is 0 Å². The number of benzene rings is 2. The third kappa shape index (κ3) is 4.13. The van der Waals surface area contributed by atoms with Crippen molar-refractivity contribution in [1.29, 1.82) is 0 Å². The molecule has 23 heavy (non-hydrogen) atoms. The van der Waals surface area contributed by atoms with Crippen LogP contribution in [0.5, 0.6) is 5.75 Å². The molecule has 2 aromatic carbocycles. The zero-order valence-corrected chi connectivity index (χ0v) is 13.5. The molecule has 0 aromatic heterocycles. The first-order chi connectivity index (χ1) is 11.2. The first kappa shape index (κ1) is 15.6. The molecule has 0 saturated carbocycles. The lowest BCUT2D eigenvalue weighted by atomic mass is 9.92. The molecule has 2 aromatic rings. The summed E-state index contributed by atoms with van der Waals surface area (Å²) >= 11 is 0. The van der Waals surface area contributed by atoms with Crippen molar-refractivity contribution < 1.29 is 9.53 Å². The van der Waals surface area contributed by atoms with E-state index >= 15 is 0 Å². The molecular weight excluding hydrogens is 286 g/mol. The minimum Gasteiger partial charge on any atom is -0.481 e. The van der Waals surface area contributed by atoms with Gasteiger partial charge in [-0.05, 0) is 61.4 Å². The van der Waals surface area contributed by atoms with Gasteiger partial charge in [0.1, 0.15) is 5.75 Å². The number of carbonyl (C=O) groups excluding carboxylic acids is 1. The molecule has 0 fully saturated rings. The molecule has 0 radical (unpaired) electrons. The van der Waals surface area contributed by atoms with Crippen molar-refractivity contribution in [1.82, 2.24) is 5.32 Å². The van der Waals surface area contributed by atoms with E-state index in [1.54, 1.807) is 6.92 Å². The highest BCUT2D eigenvalue weighted by atomic mass is 16.5. The molecule has 1 amide bonds. The molecule has 0 spiro atoms. The van der Waals surface area contributed by atoms with E-state index in [0.717, 1.165) is 24.2 Å². The predicted molar refractivity (Wildman–Crippen MR) is 91.5 cm³/mol. The number of hydrogen-bond donors (Lipinski definition) is 1. The summed E-state index contributed by atoms with van der Waals surface area (Å²) in [5.74, 6) is 0.694. The van der Waals surface area contributed by atoms with Gasteiger partial charge in [0, 0.05) is 6.54 Å². The van der Waals surface area contributed by atoms with E-state index < -0.39 is 6.10 Å². The second kappa shape index (κ2) is 7.32. The molecule has 0 saturated heterocycles. The summed E-state index contributed by atoms with van der Waals surface area (Å²) < 4.78 is 5.82. The number of rotatable bonds is 5. The number of nitrogens with one attached hydrogen (secondary N) is 1. The van der Waals surface area contributed by atoms with Gasteiger partial charge in [-0.1, -0.05) is 36.4 Å². The summed E-state index contributed by atoms with van der Waals surface area (Å²) in [4.78, 5) is 12.2. The molecule has 1 N–H and O–H groups in total. The monoisotopic (exact) mass is 309 g/mol. The van der Waals surface area contributed by atoms with Crippen LogP contribution in [0.1, 0.15) is 36.5 Å². The van der Waals surface area contributed by atoms with Gasteiger partial charge in [0.25, 0.3) is 5.91 Å². The zero-order chi connectivity index (χ0) is 16.1. The van der Waals surface area contributed by atoms with Crippen molar-refractivity contribution in [2.75, 3.05) is 0 Å². The van der Waals surface area contributed by atoms with Crippen LogP contribution in [0.2, 0.25) is 0 Å². The number of carbonyl (C=O) groups is 1. The molecule has 1 atom stereocenters. The van der Waals surface area contributed by atoms with E-state index in [9.17, 15) is 4.79 Å². The van der Waals surface area contributed by atoms with Crippen LogP contribution in [0, 0.1) is 0 Å². The Hall–Kier alpha value is -2.29. The lowest BCUT2D eigenvalue weighted by Crippen LogP contribution is -2.35. The van der Waals surface area contributed by atoms with Gasteiger partial charge in [0.2, 0.25) is 0 Å². The van der Waals surface area contributed by atoms with Crippen LogP contribution in [0.3, 0.4) is 0 Å². The van der Waals surface area contributed by atoms with Crippen molar-refractivity contribution in [3.8, 4) is 5.75 Å². The van der Waals surface area contributed by atoms with Gasteiger partial charge in [-0.15, -0.1) is 0 Å². The van der Waals surface area contributed by atoms with Gasteiger partial charge in [0.05, 0.1) is 0 Å². The SMILES string of the molecule is CC(Oc1ccc2c(c1)CCCC2)C(=O)NCc1ccccc1. The number of aryl methyl sites for hydroxylation is 2. The number of amides is 1. The Kier molecular flexibility index (Phi) is 4.96. The van der Waals surface area contributed by atoms with E-state index in [0.29, 0.717) is 6.54 Å². The highest BCUT2D eigenvalue weighted by molar-refractivity contribution is 5.80. The van der Waals surface area contributed by atoms with Crippen molar-refractivity contribution in [2.45, 2.75) is 45.3 Å². The first-order valence-electron chi connectivity index (χ1n) is 8.32. The fourth-order valence-corrected chi connectivity index (χ4v) is 2.97. The summed E-state index contributed by atoms with van der Waals surface area (Å²) in [6, 6.07) is 16.1. The largest absolute Gasteiger partial charge is 0.481 e. The molecule has 120 valence electrons. The smallest absolute Gasteiger partial charge is 0.261 e. The van der Waals surface area contributed by atoms with Gasteiger partial charge in [-0.3, -0.25) is 4.79 Å². The second-order valence-electron chi connectivity index (χ2n) is 6.10. The van der Waals surface area contributed by atoms with Gasteiger partial charge < -0.3 is 10.1 Å². The molecule has 3 nitrogen and oxygen atoms in total. The first-order valence-corrected chi connectivity index (χ1v) is 8.32. The molecule has 0 heterocycles. The Bertz CT molecular complexity index is 667. The Morgan fingerprint density at radius 1 is 1.09 bits per heavy atom. The maximum absolute atomic E-state index is 12.2. The third-order valence-electron chi connectivity index (χ3n) is 4.31. The molecule has 1 aliphatic rings. The summed E-state index contributed by atoms with van der Waals surface area (Å²) in [5, 5.41) is 2.92. The Balaban J connectivity index is 1.55. The topological polar surface area (TPSA) is 38.3 Å². The summed E-state index contributed by atoms with van der Waals surface area (Å²) in [6.45, 7) is 2.32. The second-order valence-corrected chi connectivity index (χ2v) is 6.10. The minimum absolute atomic E-state index is 0.0911. The van der Waals surface area contributed by atoms with E-state index in [1.165, 1.54) is 24.0 Å². The molecule has 3 heteroatoms. The standard InChI is InChI=1S/C20H23NO2/c1-15(20(22)21-14-16-7-3-2-4-8-16)23-19-12-11-17-9-5-6-10-18(17)13-19/h2-4,7-8,11-13,15H,5-6,9-10,14H2,1H3,(H,21,22). The Labute approximate surface area is 137 Å². The van der Waals surface area contributed by atoms with Crippen LogP contribution in [0.25, 0.3) is 0 Å². The molecule has 1 aliphatic carbocycles. The van der Waals surface area contributed by atoms with E-state index in [-0.39, 0.29) is 5.91 Å². The van der Waals surface area contributed by atoms with Crippen LogP contribution < -0.4 is 10.1 Å². The third-order valence-corrected chi connectivity index (χ3v) is 4.31. The highest BCUT2D eigenvalue weighted by Gasteiger charge is 2.16. The van der Waals surface area contributed by atoms with Crippen LogP contribution in [0.15, 0.2) is 48.5 Å². The molecule has 0 bridgehead atoms. The molecular formula is C20H23NO2. The molecule has 0 aliphatic heterocycles. The zero-order valence-electron chi connectivity index (χ0n) is 13.5. The van der Waals surface area contributed by atoms with Gasteiger partial charge >= 0.3 is 0 Å². The van der Waals surface area contributed by atoms with Crippen molar-refractivity contribution in [2.24, 2.45) is 0 Å². The van der Waals surface area contributed by atoms with Crippen LogP contribution in [-0.2, 0) is 24.2 Å². The fourth-order valence-electron chi connectivity index (χ4n) is 2.97. The Morgan fingerprint density at radius 3 is 2.61 bits per heavy atom. The van der Waals surface area contributed by atoms with E-state index in [2.05, 4.69) is 17.4 Å². The average molecular weight is 309 g/mol. The Morgan fingerprint density at radius 2 is 1.83 bits per heavy atom. The maximum atomic E-state index is 12.2. The number of fused-ring (bicyclic) bond motifs is 1. The summed E-state index contributed by atoms with van der Waals surface area (Å²) in [7, 11) is 0. The highest BCUT2D eigenvalue weighted by Crippen LogP contribution is 2.25. The number of ether oxygens (including phenoxy) is 1. The average Bonchev–Trinajstić information content (AvgIpc) is 2.60. The van der Waals surface area contributed by atoms with Crippen molar-refractivity contribution in [3.63, 3.8) is 0 Å². The quantitative estimate of drug-likeness (QED) is 0.915. The normalized spacial score (nSPS) is 14.7. The summed E-state index contributed by atoms with van der Waals surface area (Å²) in [6.07, 6.45) is 4.28. The fraction of sp³-hybridized carbons (Fsp3) is 0.350. The maximum Gasteiger partial charge on any atom is 0.261 e. The lowest BCUT2D eigenvalue weighted by Gasteiger charge is -2.19. The van der Waals surface area contributed by atoms with Gasteiger partial charge in [0.15, 0.2) is 6.10 Å².